The predicted octanol–water partition coefficient (Wildman–Crippen LogP) is 3.99. The molecule has 0 aliphatic carbocycles. The van der Waals surface area contributed by atoms with Crippen LogP contribution in [0.4, 0.5) is 4.39 Å². The van der Waals surface area contributed by atoms with E-state index in [0.717, 1.165) is 0 Å². The SMILES string of the molecule is COc1cc(-c2csc3c(F)cccc23)nc(C(O)CNC(=O)c2ccc(OC)c(OC)c2)n1. The Morgan fingerprint density at radius 1 is 1.09 bits per heavy atom. The molecule has 2 N–H and O–H groups in total. The van der Waals surface area contributed by atoms with E-state index in [9.17, 15) is 14.3 Å². The molecule has 10 heteroatoms. The Kier molecular flexibility index (Phi) is 6.90. The lowest BCUT2D eigenvalue weighted by Gasteiger charge is -2.14. The lowest BCUT2D eigenvalue weighted by molar-refractivity contribution is 0.0910. The molecule has 4 rings (SSSR count). The average Bonchev–Trinajstić information content (AvgIpc) is 3.31. The van der Waals surface area contributed by atoms with E-state index >= 15 is 0 Å². The number of aliphatic hydroxyl groups excluding tert-OH is 1. The highest BCUT2D eigenvalue weighted by Crippen LogP contribution is 2.35. The van der Waals surface area contributed by atoms with Gasteiger partial charge in [-0.15, -0.1) is 11.3 Å². The number of nitrogens with one attached hydrogen (secondary N) is 1. The first-order chi connectivity index (χ1) is 16.4. The molecule has 0 saturated carbocycles. The number of carbonyl (C=O) groups is 1. The van der Waals surface area contributed by atoms with Gasteiger partial charge in [0, 0.05) is 28.0 Å². The van der Waals surface area contributed by atoms with Crippen LogP contribution in [0.5, 0.6) is 17.4 Å². The molecule has 0 radical (unpaired) electrons. The van der Waals surface area contributed by atoms with Crippen molar-refractivity contribution in [2.45, 2.75) is 6.10 Å². The Hall–Kier alpha value is -3.76. The Labute approximate surface area is 199 Å². The summed E-state index contributed by atoms with van der Waals surface area (Å²) >= 11 is 1.27. The summed E-state index contributed by atoms with van der Waals surface area (Å²) in [6.45, 7) is -0.140. The summed E-state index contributed by atoms with van der Waals surface area (Å²) in [5, 5.41) is 15.9. The molecule has 0 spiro atoms. The number of fused-ring (bicyclic) bond motifs is 1. The number of aromatic nitrogens is 2. The van der Waals surface area contributed by atoms with Gasteiger partial charge in [0.05, 0.1) is 38.3 Å². The van der Waals surface area contributed by atoms with Gasteiger partial charge in [0.1, 0.15) is 11.9 Å². The van der Waals surface area contributed by atoms with Gasteiger partial charge in [-0.25, -0.2) is 9.37 Å². The third-order valence-corrected chi connectivity index (χ3v) is 6.16. The molecule has 4 aromatic rings. The largest absolute Gasteiger partial charge is 0.493 e. The molecular weight excluding hydrogens is 461 g/mol. The van der Waals surface area contributed by atoms with Crippen molar-refractivity contribution in [3.05, 3.63) is 65.0 Å². The Bertz CT molecular complexity index is 1340. The quantitative estimate of drug-likeness (QED) is 0.391. The van der Waals surface area contributed by atoms with E-state index in [1.54, 1.807) is 41.8 Å². The molecule has 0 aliphatic rings. The number of methoxy groups -OCH3 is 3. The maximum atomic E-state index is 14.1. The molecule has 1 unspecified atom stereocenters. The first-order valence-corrected chi connectivity index (χ1v) is 11.1. The normalized spacial score (nSPS) is 11.8. The molecule has 34 heavy (non-hydrogen) atoms. The molecule has 1 atom stereocenters. The summed E-state index contributed by atoms with van der Waals surface area (Å²) in [6.07, 6.45) is -1.21. The van der Waals surface area contributed by atoms with Crippen LogP contribution < -0.4 is 19.5 Å². The third kappa shape index (κ3) is 4.63. The van der Waals surface area contributed by atoms with Gasteiger partial charge >= 0.3 is 0 Å². The average molecular weight is 484 g/mol. The zero-order valence-electron chi connectivity index (χ0n) is 18.7. The van der Waals surface area contributed by atoms with Gasteiger partial charge in [0.2, 0.25) is 5.88 Å². The number of carbonyl (C=O) groups excluding carboxylic acids is 1. The molecule has 0 aliphatic heterocycles. The van der Waals surface area contributed by atoms with Gasteiger partial charge in [-0.05, 0) is 24.3 Å². The lowest BCUT2D eigenvalue weighted by atomic mass is 10.1. The molecule has 176 valence electrons. The number of hydrogen-bond donors (Lipinski definition) is 2. The van der Waals surface area contributed by atoms with Crippen LogP contribution >= 0.6 is 11.3 Å². The number of nitrogens with zero attached hydrogens (tertiary/aromatic N) is 2. The van der Waals surface area contributed by atoms with E-state index < -0.39 is 12.0 Å². The van der Waals surface area contributed by atoms with E-state index in [0.29, 0.717) is 38.4 Å². The summed E-state index contributed by atoms with van der Waals surface area (Å²) < 4.78 is 30.3. The second-order valence-corrected chi connectivity index (χ2v) is 8.09. The fourth-order valence-corrected chi connectivity index (χ4v) is 4.38. The van der Waals surface area contributed by atoms with E-state index in [1.165, 1.54) is 38.7 Å². The van der Waals surface area contributed by atoms with Crippen LogP contribution in [0, 0.1) is 5.82 Å². The highest BCUT2D eigenvalue weighted by Gasteiger charge is 2.19. The molecule has 0 bridgehead atoms. The minimum Gasteiger partial charge on any atom is -0.493 e. The predicted molar refractivity (Wildman–Crippen MR) is 126 cm³/mol. The molecule has 2 heterocycles. The van der Waals surface area contributed by atoms with Crippen molar-refractivity contribution < 1.29 is 28.5 Å². The molecule has 2 aromatic carbocycles. The summed E-state index contributed by atoms with van der Waals surface area (Å²) in [4.78, 5) is 21.3. The summed E-state index contributed by atoms with van der Waals surface area (Å²) in [6, 6.07) is 11.2. The topological polar surface area (TPSA) is 103 Å². The summed E-state index contributed by atoms with van der Waals surface area (Å²) in [7, 11) is 4.43. The van der Waals surface area contributed by atoms with E-state index in [-0.39, 0.29) is 24.1 Å². The first-order valence-electron chi connectivity index (χ1n) is 10.2. The van der Waals surface area contributed by atoms with Gasteiger partial charge in [0.15, 0.2) is 17.3 Å². The smallest absolute Gasteiger partial charge is 0.251 e. The van der Waals surface area contributed by atoms with Crippen LogP contribution in [0.3, 0.4) is 0 Å². The number of thiophene rings is 1. The second-order valence-electron chi connectivity index (χ2n) is 7.22. The van der Waals surface area contributed by atoms with Crippen molar-refractivity contribution in [3.63, 3.8) is 0 Å². The zero-order valence-corrected chi connectivity index (χ0v) is 19.5. The van der Waals surface area contributed by atoms with E-state index in [4.69, 9.17) is 14.2 Å². The van der Waals surface area contributed by atoms with Crippen LogP contribution in [-0.2, 0) is 0 Å². The van der Waals surface area contributed by atoms with Crippen molar-refractivity contribution in [1.82, 2.24) is 15.3 Å². The standard InChI is InChI=1S/C24H22FN3O5S/c1-31-19-8-7-13(9-20(19)32-2)24(30)26-11-18(29)23-27-17(10-21(28-23)33-3)15-12-34-22-14(15)5-4-6-16(22)25/h4-10,12,18,29H,11H2,1-3H3,(H,26,30). The Morgan fingerprint density at radius 3 is 2.62 bits per heavy atom. The highest BCUT2D eigenvalue weighted by atomic mass is 32.1. The van der Waals surface area contributed by atoms with Crippen molar-refractivity contribution >= 4 is 27.3 Å². The zero-order chi connectivity index (χ0) is 24.2. The molecule has 1 amide bonds. The van der Waals surface area contributed by atoms with E-state index in [1.807, 2.05) is 0 Å². The van der Waals surface area contributed by atoms with Crippen LogP contribution in [0.25, 0.3) is 21.3 Å². The number of benzene rings is 2. The van der Waals surface area contributed by atoms with Gasteiger partial charge in [-0.1, -0.05) is 12.1 Å². The number of aliphatic hydroxyl groups is 1. The Balaban J connectivity index is 1.56. The fraction of sp³-hybridized carbons (Fsp3) is 0.208. The van der Waals surface area contributed by atoms with Crippen LogP contribution in [0.1, 0.15) is 22.3 Å². The number of hydrogen-bond acceptors (Lipinski definition) is 8. The van der Waals surface area contributed by atoms with Crippen LogP contribution in [0.2, 0.25) is 0 Å². The van der Waals surface area contributed by atoms with Gasteiger partial charge in [-0.3, -0.25) is 4.79 Å². The first kappa shape index (κ1) is 23.4. The maximum Gasteiger partial charge on any atom is 0.251 e. The number of ether oxygens (including phenoxy) is 3. The fourth-order valence-electron chi connectivity index (χ4n) is 3.41. The monoisotopic (exact) mass is 483 g/mol. The number of amides is 1. The molecule has 0 saturated heterocycles. The van der Waals surface area contributed by atoms with E-state index in [2.05, 4.69) is 15.3 Å². The van der Waals surface area contributed by atoms with Crippen molar-refractivity contribution in [2.75, 3.05) is 27.9 Å². The molecule has 8 nitrogen and oxygen atoms in total. The molecule has 2 aromatic heterocycles. The Morgan fingerprint density at radius 2 is 1.88 bits per heavy atom. The summed E-state index contributed by atoms with van der Waals surface area (Å²) in [5.74, 6) is 0.488. The van der Waals surface area contributed by atoms with Crippen molar-refractivity contribution in [1.29, 1.82) is 0 Å². The lowest BCUT2D eigenvalue weighted by Crippen LogP contribution is -2.29. The third-order valence-electron chi connectivity index (χ3n) is 5.16. The highest BCUT2D eigenvalue weighted by molar-refractivity contribution is 7.17. The minimum absolute atomic E-state index is 0.0673. The van der Waals surface area contributed by atoms with Gasteiger partial charge in [0.25, 0.3) is 5.91 Å². The number of halogens is 1. The molecule has 0 fully saturated rings. The van der Waals surface area contributed by atoms with Crippen LogP contribution in [0.15, 0.2) is 47.8 Å². The minimum atomic E-state index is -1.21. The van der Waals surface area contributed by atoms with Crippen LogP contribution in [-0.4, -0.2) is 48.9 Å². The van der Waals surface area contributed by atoms with Crippen molar-refractivity contribution in [3.8, 4) is 28.6 Å². The second kappa shape index (κ2) is 10.0. The molecular formula is C24H22FN3O5S. The van der Waals surface area contributed by atoms with Crippen molar-refractivity contribution in [2.24, 2.45) is 0 Å². The summed E-state index contributed by atoms with van der Waals surface area (Å²) in [5.41, 5.74) is 1.51. The van der Waals surface area contributed by atoms with Gasteiger partial charge < -0.3 is 24.6 Å². The number of rotatable bonds is 8. The maximum absolute atomic E-state index is 14.1. The van der Waals surface area contributed by atoms with Gasteiger partial charge in [-0.2, -0.15) is 4.98 Å².